The molecule has 0 aliphatic carbocycles. The zero-order valence-electron chi connectivity index (χ0n) is 49.5. The van der Waals surface area contributed by atoms with E-state index in [2.05, 4.69) is 27.2 Å². The van der Waals surface area contributed by atoms with E-state index in [9.17, 15) is 24.0 Å². The molecule has 83 heavy (non-hydrogen) atoms. The first-order valence-electron chi connectivity index (χ1n) is 28.7. The third kappa shape index (κ3) is 14.7. The molecule has 0 spiro atoms. The van der Waals surface area contributed by atoms with Crippen LogP contribution >= 0.6 is 0 Å². The fraction of sp³-hybridized carbons (Fsp3) is 0.476. The van der Waals surface area contributed by atoms with E-state index in [1.54, 1.807) is 57.6 Å². The van der Waals surface area contributed by atoms with Crippen LogP contribution in [0.2, 0.25) is 0 Å². The van der Waals surface area contributed by atoms with Crippen LogP contribution in [0.5, 0.6) is 34.5 Å². The summed E-state index contributed by atoms with van der Waals surface area (Å²) in [7, 11) is 9.91. The smallest absolute Gasteiger partial charge is 0.410 e. The standard InChI is InChI=1S/C34H44N4O7.C29H36N4O5/c1-34(2,3)45-33(41)38(22-23-7-10-29-30(19-23)44-18-17-43-29)24-11-13-36(14-12-24)15-16-37-28-20-25(42-6)8-9-26(28)27(21-31(37)39)32(40)35(4)5;1-31(2)29(35)24-18-28(34)33(25-17-22(36-3)5-6-23(24)25)13-12-32-10-8-21(9-11-32)30-19-20-4-7-26-27(16-20)38-15-14-37-26/h7-10,19-21,24H,11-18,22H2,1-6H3;4-7,16-18,21,30H,8-15,19H2,1-3H3. The molecule has 6 heterocycles. The predicted octanol–water partition coefficient (Wildman–Crippen LogP) is 7.12. The van der Waals surface area contributed by atoms with Crippen molar-refractivity contribution in [3.05, 3.63) is 128 Å². The lowest BCUT2D eigenvalue weighted by Crippen LogP contribution is -2.49. The first-order chi connectivity index (χ1) is 39.9. The van der Waals surface area contributed by atoms with Gasteiger partial charge in [-0.15, -0.1) is 0 Å². The fourth-order valence-corrected chi connectivity index (χ4v) is 11.1. The molecule has 6 aromatic rings. The molecular formula is C63H80N8O12. The lowest BCUT2D eigenvalue weighted by atomic mass is 10.0. The van der Waals surface area contributed by atoms with Gasteiger partial charge in [-0.25, -0.2) is 4.79 Å². The highest BCUT2D eigenvalue weighted by molar-refractivity contribution is 6.07. The van der Waals surface area contributed by atoms with E-state index in [1.807, 2.05) is 80.3 Å². The number of nitrogens with one attached hydrogen (secondary N) is 1. The van der Waals surface area contributed by atoms with Gasteiger partial charge in [0.05, 0.1) is 36.4 Å². The monoisotopic (exact) mass is 1140 g/mol. The van der Waals surface area contributed by atoms with Gasteiger partial charge in [-0.3, -0.25) is 19.2 Å². The number of piperidine rings is 2. The molecule has 20 nitrogen and oxygen atoms in total. The number of pyridine rings is 2. The van der Waals surface area contributed by atoms with Gasteiger partial charge in [0.1, 0.15) is 43.5 Å². The van der Waals surface area contributed by atoms with Crippen molar-refractivity contribution in [3.63, 3.8) is 0 Å². The summed E-state index contributed by atoms with van der Waals surface area (Å²) >= 11 is 0. The highest BCUT2D eigenvalue weighted by atomic mass is 16.6. The van der Waals surface area contributed by atoms with Crippen LogP contribution in [-0.2, 0) is 30.9 Å². The molecule has 4 aromatic carbocycles. The van der Waals surface area contributed by atoms with Crippen LogP contribution in [0.1, 0.15) is 78.3 Å². The zero-order valence-corrected chi connectivity index (χ0v) is 49.5. The summed E-state index contributed by atoms with van der Waals surface area (Å²) in [6.45, 7) is 14.9. The van der Waals surface area contributed by atoms with Gasteiger partial charge in [0.15, 0.2) is 23.0 Å². The molecule has 0 atom stereocenters. The number of rotatable bonds is 16. The number of aromatic nitrogens is 2. The van der Waals surface area contributed by atoms with E-state index in [-0.39, 0.29) is 35.1 Å². The number of hydrogen-bond acceptors (Lipinski definition) is 15. The maximum atomic E-state index is 13.4. The van der Waals surface area contributed by atoms with Gasteiger partial charge >= 0.3 is 6.09 Å². The number of hydrogen-bond donors (Lipinski definition) is 1. The molecule has 10 rings (SSSR count). The van der Waals surface area contributed by atoms with Gasteiger partial charge in [-0.05, 0) is 119 Å². The molecule has 20 heteroatoms. The Kier molecular flexibility index (Phi) is 19.2. The van der Waals surface area contributed by atoms with Crippen LogP contribution in [0, 0.1) is 0 Å². The average molecular weight is 1140 g/mol. The van der Waals surface area contributed by atoms with Gasteiger partial charge in [-0.2, -0.15) is 0 Å². The fourth-order valence-electron chi connectivity index (χ4n) is 11.1. The second kappa shape index (κ2) is 26.6. The minimum Gasteiger partial charge on any atom is -0.497 e. The summed E-state index contributed by atoms with van der Waals surface area (Å²) in [5.74, 6) is 3.92. The van der Waals surface area contributed by atoms with E-state index >= 15 is 0 Å². The molecular weight excluding hydrogens is 1060 g/mol. The third-order valence-corrected chi connectivity index (χ3v) is 15.6. The van der Waals surface area contributed by atoms with Gasteiger partial charge < -0.3 is 72.1 Å². The summed E-state index contributed by atoms with van der Waals surface area (Å²) in [6.07, 6.45) is 3.29. The van der Waals surface area contributed by atoms with Crippen molar-refractivity contribution in [1.82, 2.24) is 39.0 Å². The van der Waals surface area contributed by atoms with Crippen molar-refractivity contribution in [1.29, 1.82) is 0 Å². The summed E-state index contributed by atoms with van der Waals surface area (Å²) in [6, 6.07) is 26.2. The molecule has 444 valence electrons. The van der Waals surface area contributed by atoms with E-state index in [0.717, 1.165) is 92.9 Å². The van der Waals surface area contributed by atoms with Crippen LogP contribution in [-0.4, -0.2) is 177 Å². The van der Waals surface area contributed by atoms with E-state index in [4.69, 9.17) is 33.2 Å². The minimum atomic E-state index is -0.617. The van der Waals surface area contributed by atoms with E-state index < -0.39 is 5.60 Å². The Bertz CT molecular complexity index is 3410. The van der Waals surface area contributed by atoms with Crippen molar-refractivity contribution in [2.75, 3.05) is 108 Å². The maximum absolute atomic E-state index is 13.4. The van der Waals surface area contributed by atoms with E-state index in [1.165, 1.54) is 27.5 Å². The van der Waals surface area contributed by atoms with Crippen LogP contribution in [0.3, 0.4) is 0 Å². The van der Waals surface area contributed by atoms with Crippen LogP contribution < -0.4 is 44.9 Å². The Labute approximate surface area is 485 Å². The molecule has 0 saturated carbocycles. The highest BCUT2D eigenvalue weighted by Crippen LogP contribution is 2.34. The molecule has 2 aromatic heterocycles. The molecule has 4 aliphatic rings. The van der Waals surface area contributed by atoms with Crippen molar-refractivity contribution >= 4 is 39.7 Å². The molecule has 0 bridgehead atoms. The lowest BCUT2D eigenvalue weighted by molar-refractivity contribution is 0.00560. The predicted molar refractivity (Wildman–Crippen MR) is 318 cm³/mol. The van der Waals surface area contributed by atoms with Gasteiger partial charge in [0, 0.05) is 128 Å². The summed E-state index contributed by atoms with van der Waals surface area (Å²) < 4.78 is 42.9. The zero-order chi connectivity index (χ0) is 59.0. The second-order valence-corrected chi connectivity index (χ2v) is 22.9. The minimum absolute atomic E-state index is 0.00607. The quantitative estimate of drug-likeness (QED) is 0.103. The molecule has 0 unspecified atom stereocenters. The number of carbonyl (C=O) groups excluding carboxylic acids is 3. The summed E-state index contributed by atoms with van der Waals surface area (Å²) in [4.78, 5) is 75.0. The van der Waals surface area contributed by atoms with E-state index in [0.29, 0.717) is 104 Å². The molecule has 3 amide bonds. The number of nitrogens with zero attached hydrogens (tertiary/aromatic N) is 7. The number of amides is 3. The number of carbonyl (C=O) groups is 3. The van der Waals surface area contributed by atoms with Gasteiger partial charge in [0.25, 0.3) is 22.9 Å². The van der Waals surface area contributed by atoms with Gasteiger partial charge in [-0.1, -0.05) is 12.1 Å². The Hall–Kier alpha value is -7.81. The Morgan fingerprint density at radius 1 is 0.566 bits per heavy atom. The Balaban J connectivity index is 0.000000202. The van der Waals surface area contributed by atoms with Crippen LogP contribution in [0.15, 0.2) is 94.5 Å². The maximum Gasteiger partial charge on any atom is 0.410 e. The second-order valence-electron chi connectivity index (χ2n) is 22.9. The van der Waals surface area contributed by atoms with Crippen LogP contribution in [0.4, 0.5) is 4.79 Å². The first kappa shape index (κ1) is 59.8. The Morgan fingerprint density at radius 3 is 1.47 bits per heavy atom. The van der Waals surface area contributed by atoms with Crippen LogP contribution in [0.25, 0.3) is 21.8 Å². The van der Waals surface area contributed by atoms with Crippen molar-refractivity contribution in [2.24, 2.45) is 0 Å². The topological polar surface area (TPSA) is 188 Å². The number of fused-ring (bicyclic) bond motifs is 4. The normalized spacial score (nSPS) is 15.7. The van der Waals surface area contributed by atoms with Crippen molar-refractivity contribution < 1.29 is 47.5 Å². The molecule has 1 N–H and O–H groups in total. The summed E-state index contributed by atoms with van der Waals surface area (Å²) in [5.41, 5.74) is 3.29. The number of benzene rings is 4. The largest absolute Gasteiger partial charge is 0.497 e. The lowest BCUT2D eigenvalue weighted by Gasteiger charge is -2.39. The molecule has 0 radical (unpaired) electrons. The molecule has 4 aliphatic heterocycles. The number of methoxy groups -OCH3 is 2. The van der Waals surface area contributed by atoms with Crippen molar-refractivity contribution in [3.8, 4) is 34.5 Å². The third-order valence-electron chi connectivity index (χ3n) is 15.6. The SMILES string of the molecule is COc1ccc2c(C(=O)N(C)C)cc(=O)n(CCN3CCC(N(Cc4ccc5c(c4)OCCO5)C(=O)OC(C)(C)C)CC3)c2c1.COc1ccc2c(C(=O)N(C)C)cc(=O)n(CCN3CCC(NCc4ccc5c(c4)OCCO5)CC3)c2c1. The number of likely N-dealkylation sites (tertiary alicyclic amines) is 2. The summed E-state index contributed by atoms with van der Waals surface area (Å²) in [5, 5.41) is 5.15. The molecule has 2 fully saturated rings. The van der Waals surface area contributed by atoms with Gasteiger partial charge in [0.2, 0.25) is 0 Å². The Morgan fingerprint density at radius 2 is 1.01 bits per heavy atom. The average Bonchev–Trinajstić information content (AvgIpc) is 3.69. The molecule has 2 saturated heterocycles. The highest BCUT2D eigenvalue weighted by Gasteiger charge is 2.32. The van der Waals surface area contributed by atoms with Crippen molar-refractivity contribution in [2.45, 2.75) is 90.3 Å². The first-order valence-corrected chi connectivity index (χ1v) is 28.7. The number of ether oxygens (including phenoxy) is 7.